The molecule has 0 heterocycles. The van der Waals surface area contributed by atoms with Gasteiger partial charge in [0.25, 0.3) is 0 Å². The van der Waals surface area contributed by atoms with E-state index in [1.54, 1.807) is 0 Å². The van der Waals surface area contributed by atoms with Gasteiger partial charge in [-0.1, -0.05) is 50.0 Å². The lowest BCUT2D eigenvalue weighted by molar-refractivity contribution is 0.600. The average Bonchev–Trinajstić information content (AvgIpc) is 2.18. The molecule has 1 aliphatic rings. The molecule has 0 aliphatic heterocycles. The van der Waals surface area contributed by atoms with Gasteiger partial charge in [0.05, 0.1) is 0 Å². The van der Waals surface area contributed by atoms with Crippen LogP contribution in [0.3, 0.4) is 0 Å². The molecule has 0 nitrogen and oxygen atoms in total. The maximum absolute atomic E-state index is 2.34. The molecule has 0 aromatic carbocycles. The molecule has 0 bridgehead atoms. The number of hydrogen-bond acceptors (Lipinski definition) is 0. The Hall–Kier alpha value is -0.520. The second-order valence-corrected chi connectivity index (χ2v) is 3.88. The van der Waals surface area contributed by atoms with Gasteiger partial charge in [-0.25, -0.2) is 0 Å². The van der Waals surface area contributed by atoms with E-state index in [9.17, 15) is 0 Å². The summed E-state index contributed by atoms with van der Waals surface area (Å²) in [6.07, 6.45) is 21.5. The van der Waals surface area contributed by atoms with Gasteiger partial charge in [-0.05, 0) is 32.1 Å². The zero-order chi connectivity index (χ0) is 9.19. The van der Waals surface area contributed by atoms with Crippen LogP contribution in [0.2, 0.25) is 0 Å². The Morgan fingerprint density at radius 3 is 1.46 bits per heavy atom. The molecule has 0 aromatic rings. The number of rotatable bonds is 0. The van der Waals surface area contributed by atoms with Crippen molar-refractivity contribution in [3.8, 4) is 0 Å². The largest absolute Gasteiger partial charge is 0.0882 e. The van der Waals surface area contributed by atoms with Crippen molar-refractivity contribution in [1.82, 2.24) is 0 Å². The smallest absolute Gasteiger partial charge is 0.0169 e. The molecule has 1 rings (SSSR count). The molecule has 0 spiro atoms. The second kappa shape index (κ2) is 8.10. The highest BCUT2D eigenvalue weighted by Crippen LogP contribution is 2.10. The first-order valence-electron chi connectivity index (χ1n) is 5.80. The summed E-state index contributed by atoms with van der Waals surface area (Å²) in [5, 5.41) is 0. The third-order valence-corrected chi connectivity index (χ3v) is 2.60. The minimum atomic E-state index is 1.14. The molecule has 0 atom stereocenters. The molecule has 74 valence electrons. The highest BCUT2D eigenvalue weighted by Gasteiger charge is 1.90. The van der Waals surface area contributed by atoms with Crippen LogP contribution in [-0.4, -0.2) is 0 Å². The molecule has 0 heteroatoms. The molecule has 0 N–H and O–H groups in total. The molecular formula is C13H22. The first-order chi connectivity index (χ1) is 6.50. The maximum Gasteiger partial charge on any atom is -0.0169 e. The SMILES string of the molecule is C1=CCCCCCCCCC=CC1. The van der Waals surface area contributed by atoms with Gasteiger partial charge >= 0.3 is 0 Å². The maximum atomic E-state index is 2.34. The van der Waals surface area contributed by atoms with Crippen molar-refractivity contribution >= 4 is 0 Å². The summed E-state index contributed by atoms with van der Waals surface area (Å²) in [4.78, 5) is 0. The van der Waals surface area contributed by atoms with E-state index >= 15 is 0 Å². The van der Waals surface area contributed by atoms with Crippen LogP contribution in [0.4, 0.5) is 0 Å². The van der Waals surface area contributed by atoms with E-state index in [0.717, 1.165) is 6.42 Å². The zero-order valence-electron chi connectivity index (χ0n) is 8.67. The molecule has 0 amide bonds. The van der Waals surface area contributed by atoms with Crippen LogP contribution in [0, 0.1) is 0 Å². The monoisotopic (exact) mass is 178 g/mol. The predicted octanol–water partition coefficient (Wildman–Crippen LogP) is 4.62. The summed E-state index contributed by atoms with van der Waals surface area (Å²) in [6.45, 7) is 0. The summed E-state index contributed by atoms with van der Waals surface area (Å²) < 4.78 is 0. The quantitative estimate of drug-likeness (QED) is 0.475. The van der Waals surface area contributed by atoms with Crippen molar-refractivity contribution < 1.29 is 0 Å². The van der Waals surface area contributed by atoms with Gasteiger partial charge in [0, 0.05) is 0 Å². The van der Waals surface area contributed by atoms with Gasteiger partial charge in [-0.15, -0.1) is 0 Å². The number of allylic oxidation sites excluding steroid dienone is 4. The Morgan fingerprint density at radius 2 is 0.923 bits per heavy atom. The Balaban J connectivity index is 2.18. The lowest BCUT2D eigenvalue weighted by Gasteiger charge is -1.98. The van der Waals surface area contributed by atoms with Gasteiger partial charge in [0.15, 0.2) is 0 Å². The van der Waals surface area contributed by atoms with Gasteiger partial charge in [0.1, 0.15) is 0 Å². The Morgan fingerprint density at radius 1 is 0.462 bits per heavy atom. The fourth-order valence-corrected chi connectivity index (χ4v) is 1.74. The Kier molecular flexibility index (Phi) is 6.58. The summed E-state index contributed by atoms with van der Waals surface area (Å²) in [5.41, 5.74) is 0. The fraction of sp³-hybridized carbons (Fsp3) is 0.692. The molecule has 1 aliphatic carbocycles. The summed E-state index contributed by atoms with van der Waals surface area (Å²) in [7, 11) is 0. The normalized spacial score (nSPS) is 21.5. The standard InChI is InChI=1S/C13H22/c1-2-4-6-8-10-12-13-11-9-7-5-3-1/h1-2,5,7H,3-4,6,8-13H2. The van der Waals surface area contributed by atoms with E-state index in [1.165, 1.54) is 51.4 Å². The molecule has 0 saturated carbocycles. The lowest BCUT2D eigenvalue weighted by Crippen LogP contribution is -1.78. The van der Waals surface area contributed by atoms with E-state index in [2.05, 4.69) is 24.3 Å². The minimum Gasteiger partial charge on any atom is -0.0882 e. The zero-order valence-corrected chi connectivity index (χ0v) is 8.67. The van der Waals surface area contributed by atoms with Crippen LogP contribution in [-0.2, 0) is 0 Å². The molecule has 13 heavy (non-hydrogen) atoms. The molecule has 0 radical (unpaired) electrons. The van der Waals surface area contributed by atoms with Crippen LogP contribution < -0.4 is 0 Å². The Labute approximate surface area is 82.7 Å². The van der Waals surface area contributed by atoms with Crippen LogP contribution in [0.15, 0.2) is 24.3 Å². The van der Waals surface area contributed by atoms with Crippen molar-refractivity contribution in [1.29, 1.82) is 0 Å². The first-order valence-corrected chi connectivity index (χ1v) is 5.80. The fourth-order valence-electron chi connectivity index (χ4n) is 1.74. The van der Waals surface area contributed by atoms with Crippen molar-refractivity contribution in [3.05, 3.63) is 24.3 Å². The molecule has 0 unspecified atom stereocenters. The van der Waals surface area contributed by atoms with Crippen molar-refractivity contribution in [2.24, 2.45) is 0 Å². The van der Waals surface area contributed by atoms with E-state index < -0.39 is 0 Å². The van der Waals surface area contributed by atoms with E-state index in [1.807, 2.05) is 0 Å². The third kappa shape index (κ3) is 6.62. The highest BCUT2D eigenvalue weighted by atomic mass is 14.0. The van der Waals surface area contributed by atoms with Gasteiger partial charge in [-0.3, -0.25) is 0 Å². The lowest BCUT2D eigenvalue weighted by atomic mass is 10.1. The third-order valence-electron chi connectivity index (χ3n) is 2.60. The van der Waals surface area contributed by atoms with E-state index in [0.29, 0.717) is 0 Å². The summed E-state index contributed by atoms with van der Waals surface area (Å²) >= 11 is 0. The van der Waals surface area contributed by atoms with Crippen LogP contribution in [0.1, 0.15) is 57.8 Å². The van der Waals surface area contributed by atoms with E-state index in [4.69, 9.17) is 0 Å². The van der Waals surface area contributed by atoms with Crippen LogP contribution in [0.5, 0.6) is 0 Å². The van der Waals surface area contributed by atoms with Gasteiger partial charge in [-0.2, -0.15) is 0 Å². The number of hydrogen-bond donors (Lipinski definition) is 0. The predicted molar refractivity (Wildman–Crippen MR) is 59.8 cm³/mol. The first kappa shape index (κ1) is 10.6. The minimum absolute atomic E-state index is 1.14. The van der Waals surface area contributed by atoms with Crippen LogP contribution >= 0.6 is 0 Å². The summed E-state index contributed by atoms with van der Waals surface area (Å²) in [5.74, 6) is 0. The van der Waals surface area contributed by atoms with Crippen molar-refractivity contribution in [2.75, 3.05) is 0 Å². The van der Waals surface area contributed by atoms with Crippen molar-refractivity contribution in [2.45, 2.75) is 57.8 Å². The van der Waals surface area contributed by atoms with Crippen LogP contribution in [0.25, 0.3) is 0 Å². The summed E-state index contributed by atoms with van der Waals surface area (Å²) in [6, 6.07) is 0. The van der Waals surface area contributed by atoms with Crippen molar-refractivity contribution in [3.63, 3.8) is 0 Å². The average molecular weight is 178 g/mol. The molecule has 0 aromatic heterocycles. The molecule has 0 fully saturated rings. The van der Waals surface area contributed by atoms with E-state index in [-0.39, 0.29) is 0 Å². The van der Waals surface area contributed by atoms with Gasteiger partial charge < -0.3 is 0 Å². The van der Waals surface area contributed by atoms with Gasteiger partial charge in [0.2, 0.25) is 0 Å². The topological polar surface area (TPSA) is 0 Å². The Bertz CT molecular complexity index is 135. The highest BCUT2D eigenvalue weighted by molar-refractivity contribution is 4.92. The molecule has 0 saturated heterocycles. The second-order valence-electron chi connectivity index (χ2n) is 3.88. The molecular weight excluding hydrogens is 156 g/mol.